The van der Waals surface area contributed by atoms with Crippen LogP contribution in [0.5, 0.6) is 0 Å². The molecule has 0 aliphatic rings. The molecule has 0 unspecified atom stereocenters. The predicted octanol–water partition coefficient (Wildman–Crippen LogP) is 4.35. The largest absolute Gasteiger partial charge is 0.466 e. The average Bonchev–Trinajstić information content (AvgIpc) is 2.47. The molecular formula is C18H30O3. The molecule has 3 heteroatoms. The van der Waals surface area contributed by atoms with E-state index in [0.717, 1.165) is 38.5 Å². The topological polar surface area (TPSA) is 46.5 Å². The monoisotopic (exact) mass is 294 g/mol. The molecule has 0 heterocycles. The van der Waals surface area contributed by atoms with Crippen LogP contribution in [-0.2, 0) is 9.53 Å². The van der Waals surface area contributed by atoms with Crippen molar-refractivity contribution in [2.24, 2.45) is 0 Å². The van der Waals surface area contributed by atoms with E-state index in [1.165, 1.54) is 6.92 Å². The Hall–Kier alpha value is -1.61. The fourth-order valence-corrected chi connectivity index (χ4v) is 1.34. The molecule has 0 aliphatic carbocycles. The molecule has 0 rings (SSSR count). The molecule has 0 aromatic heterocycles. The number of carbonyl (C=O) groups excluding carboxylic acids is 1. The quantitative estimate of drug-likeness (QED) is 0.350. The highest BCUT2D eigenvalue weighted by Gasteiger charge is 1.90. The molecule has 1 N–H and O–H groups in total. The zero-order valence-corrected chi connectivity index (χ0v) is 13.3. The number of unbranched alkanes of at least 4 members (excludes halogenated alkanes) is 4. The van der Waals surface area contributed by atoms with E-state index in [-0.39, 0.29) is 5.97 Å². The van der Waals surface area contributed by atoms with Crippen molar-refractivity contribution in [3.63, 3.8) is 0 Å². The minimum atomic E-state index is -0.198. The summed E-state index contributed by atoms with van der Waals surface area (Å²) in [5.41, 5.74) is 0. The minimum absolute atomic E-state index is 0.198. The van der Waals surface area contributed by atoms with Crippen LogP contribution < -0.4 is 0 Å². The molecular weight excluding hydrogens is 264 g/mol. The number of carbonyl (C=O) groups is 1. The smallest absolute Gasteiger partial charge is 0.302 e. The maximum atomic E-state index is 10.3. The number of aliphatic hydroxyl groups is 1. The van der Waals surface area contributed by atoms with Gasteiger partial charge in [-0.2, -0.15) is 0 Å². The lowest BCUT2D eigenvalue weighted by Gasteiger charge is -1.98. The first kappa shape index (κ1) is 21.7. The Morgan fingerprint density at radius 3 is 1.95 bits per heavy atom. The first-order valence-corrected chi connectivity index (χ1v) is 7.48. The number of allylic oxidation sites excluding steroid dienone is 6. The molecule has 0 aliphatic heterocycles. The summed E-state index contributed by atoms with van der Waals surface area (Å²) < 4.78 is 4.77. The molecule has 0 spiro atoms. The first-order chi connectivity index (χ1) is 10.2. The summed E-state index contributed by atoms with van der Waals surface area (Å²) in [5.74, 6) is -0.198. The van der Waals surface area contributed by atoms with Crippen molar-refractivity contribution in [3.05, 3.63) is 49.6 Å². The van der Waals surface area contributed by atoms with Gasteiger partial charge in [-0.05, 0) is 38.5 Å². The minimum Gasteiger partial charge on any atom is -0.466 e. The molecule has 21 heavy (non-hydrogen) atoms. The van der Waals surface area contributed by atoms with E-state index in [1.807, 2.05) is 12.2 Å². The molecule has 0 saturated carbocycles. The maximum absolute atomic E-state index is 10.3. The van der Waals surface area contributed by atoms with E-state index in [2.05, 4.69) is 25.3 Å². The summed E-state index contributed by atoms with van der Waals surface area (Å²) in [6.45, 7) is 9.38. The molecule has 0 saturated heterocycles. The van der Waals surface area contributed by atoms with Crippen LogP contribution in [0, 0.1) is 0 Å². The lowest BCUT2D eigenvalue weighted by atomic mass is 10.2. The Kier molecular flexibility index (Phi) is 21.4. The lowest BCUT2D eigenvalue weighted by molar-refractivity contribution is -0.141. The number of rotatable bonds is 11. The molecule has 0 fully saturated rings. The zero-order valence-electron chi connectivity index (χ0n) is 13.3. The van der Waals surface area contributed by atoms with Gasteiger partial charge in [0.15, 0.2) is 0 Å². The third-order valence-corrected chi connectivity index (χ3v) is 2.39. The lowest BCUT2D eigenvalue weighted by Crippen LogP contribution is -1.99. The van der Waals surface area contributed by atoms with Gasteiger partial charge in [-0.3, -0.25) is 4.79 Å². The van der Waals surface area contributed by atoms with E-state index in [0.29, 0.717) is 13.2 Å². The van der Waals surface area contributed by atoms with Crippen LogP contribution in [0.3, 0.4) is 0 Å². The van der Waals surface area contributed by atoms with Gasteiger partial charge in [-0.1, -0.05) is 49.6 Å². The van der Waals surface area contributed by atoms with Gasteiger partial charge in [-0.15, -0.1) is 0 Å². The number of aliphatic hydroxyl groups excluding tert-OH is 1. The van der Waals surface area contributed by atoms with Gasteiger partial charge < -0.3 is 9.84 Å². The van der Waals surface area contributed by atoms with Crippen LogP contribution in [-0.4, -0.2) is 24.3 Å². The van der Waals surface area contributed by atoms with Crippen molar-refractivity contribution < 1.29 is 14.6 Å². The highest BCUT2D eigenvalue weighted by Crippen LogP contribution is 1.97. The van der Waals surface area contributed by atoms with Crippen molar-refractivity contribution in [1.29, 1.82) is 0 Å². The molecule has 0 aromatic rings. The Balaban J connectivity index is 0. The summed E-state index contributed by atoms with van der Waals surface area (Å²) in [7, 11) is 0. The van der Waals surface area contributed by atoms with Gasteiger partial charge in [0, 0.05) is 13.5 Å². The van der Waals surface area contributed by atoms with Crippen LogP contribution in [0.25, 0.3) is 0 Å². The maximum Gasteiger partial charge on any atom is 0.302 e. The number of hydrogen-bond acceptors (Lipinski definition) is 3. The molecule has 0 amide bonds. The summed E-state index contributed by atoms with van der Waals surface area (Å²) >= 11 is 0. The Bertz CT molecular complexity index is 304. The second-order valence-electron chi connectivity index (χ2n) is 4.38. The van der Waals surface area contributed by atoms with Crippen molar-refractivity contribution in [2.45, 2.75) is 45.4 Å². The first-order valence-electron chi connectivity index (χ1n) is 7.48. The number of ether oxygens (including phenoxy) is 1. The Morgan fingerprint density at radius 2 is 1.52 bits per heavy atom. The Labute approximate surface area is 129 Å². The standard InChI is InChI=1S/C10H16O2.C8H14O/c1-3-4-5-6-7-8-9-12-10(2)11;1-2-3-4-5-6-7-8-9/h3-5H,1,6-9H2,2H3;2-4,9H,1,5-8H2/b5-4+;4-3-. The normalized spacial score (nSPS) is 10.2. The fraction of sp³-hybridized carbons (Fsp3) is 0.500. The van der Waals surface area contributed by atoms with Crippen LogP contribution in [0.1, 0.15) is 45.4 Å². The third-order valence-electron chi connectivity index (χ3n) is 2.39. The van der Waals surface area contributed by atoms with Gasteiger partial charge in [-0.25, -0.2) is 0 Å². The van der Waals surface area contributed by atoms with E-state index in [1.54, 1.807) is 12.2 Å². The van der Waals surface area contributed by atoms with Crippen LogP contribution in [0.15, 0.2) is 49.6 Å². The van der Waals surface area contributed by atoms with E-state index in [4.69, 9.17) is 9.84 Å². The summed E-state index contributed by atoms with van der Waals surface area (Å²) in [5, 5.41) is 8.38. The predicted molar refractivity (Wildman–Crippen MR) is 90.1 cm³/mol. The second-order valence-corrected chi connectivity index (χ2v) is 4.38. The average molecular weight is 294 g/mol. The molecule has 120 valence electrons. The van der Waals surface area contributed by atoms with Crippen molar-refractivity contribution in [2.75, 3.05) is 13.2 Å². The zero-order chi connectivity index (χ0) is 16.2. The summed E-state index contributed by atoms with van der Waals surface area (Å²) in [4.78, 5) is 10.3. The fourth-order valence-electron chi connectivity index (χ4n) is 1.34. The molecule has 3 nitrogen and oxygen atoms in total. The summed E-state index contributed by atoms with van der Waals surface area (Å²) in [6, 6.07) is 0. The molecule has 0 aromatic carbocycles. The Morgan fingerprint density at radius 1 is 1.00 bits per heavy atom. The number of hydrogen-bond donors (Lipinski definition) is 1. The van der Waals surface area contributed by atoms with E-state index < -0.39 is 0 Å². The molecule has 0 bridgehead atoms. The van der Waals surface area contributed by atoms with Crippen molar-refractivity contribution in [1.82, 2.24) is 0 Å². The van der Waals surface area contributed by atoms with Crippen LogP contribution in [0.2, 0.25) is 0 Å². The molecule has 0 radical (unpaired) electrons. The van der Waals surface area contributed by atoms with Crippen LogP contribution in [0.4, 0.5) is 0 Å². The van der Waals surface area contributed by atoms with Gasteiger partial charge in [0.2, 0.25) is 0 Å². The molecule has 0 atom stereocenters. The van der Waals surface area contributed by atoms with Crippen molar-refractivity contribution in [3.8, 4) is 0 Å². The second kappa shape index (κ2) is 20.7. The van der Waals surface area contributed by atoms with E-state index in [9.17, 15) is 4.79 Å². The summed E-state index contributed by atoms with van der Waals surface area (Å²) in [6.07, 6.45) is 17.5. The van der Waals surface area contributed by atoms with Gasteiger partial charge in [0.05, 0.1) is 6.61 Å². The highest BCUT2D eigenvalue weighted by atomic mass is 16.5. The van der Waals surface area contributed by atoms with Gasteiger partial charge in [0.1, 0.15) is 0 Å². The number of esters is 1. The third kappa shape index (κ3) is 27.6. The van der Waals surface area contributed by atoms with E-state index >= 15 is 0 Å². The van der Waals surface area contributed by atoms with Crippen LogP contribution >= 0.6 is 0 Å². The highest BCUT2D eigenvalue weighted by molar-refractivity contribution is 5.65. The SMILES string of the molecule is C=C/C=C/CCCCOC(C)=O.C=C/C=C\CCCCO. The van der Waals surface area contributed by atoms with Gasteiger partial charge in [0.25, 0.3) is 0 Å². The van der Waals surface area contributed by atoms with Crippen molar-refractivity contribution >= 4 is 5.97 Å². The van der Waals surface area contributed by atoms with Gasteiger partial charge >= 0.3 is 5.97 Å².